The zero-order valence-corrected chi connectivity index (χ0v) is 10.4. The Morgan fingerprint density at radius 1 is 1.47 bits per heavy atom. The van der Waals surface area contributed by atoms with Gasteiger partial charge in [-0.2, -0.15) is 0 Å². The summed E-state index contributed by atoms with van der Waals surface area (Å²) in [5.41, 5.74) is 8.74. The average Bonchev–Trinajstić information content (AvgIpc) is 2.73. The molecule has 4 nitrogen and oxygen atoms in total. The van der Waals surface area contributed by atoms with E-state index < -0.39 is 0 Å². The Hall–Kier alpha value is -1.39. The van der Waals surface area contributed by atoms with Gasteiger partial charge in [0.15, 0.2) is 12.0 Å². The summed E-state index contributed by atoms with van der Waals surface area (Å²) in [5, 5.41) is 0. The van der Waals surface area contributed by atoms with Gasteiger partial charge in [0.25, 0.3) is 0 Å². The third kappa shape index (κ3) is 3.28. The molecule has 1 heterocycles. The summed E-state index contributed by atoms with van der Waals surface area (Å²) >= 11 is 0. The summed E-state index contributed by atoms with van der Waals surface area (Å²) in [6, 6.07) is 6.39. The summed E-state index contributed by atoms with van der Waals surface area (Å²) in [7, 11) is 2.10. The third-order valence-electron chi connectivity index (χ3n) is 2.81. The van der Waals surface area contributed by atoms with Crippen LogP contribution in [0.15, 0.2) is 29.0 Å². The standard InChI is InChI=1S/C13H19N3O/c1-10(14)5-6-16(2)8-11-3-4-12-13(7-11)17-9-15-12/h3-4,7,9-10H,5-6,8,14H2,1-2H3. The highest BCUT2D eigenvalue weighted by molar-refractivity contribution is 5.72. The zero-order chi connectivity index (χ0) is 12.3. The highest BCUT2D eigenvalue weighted by atomic mass is 16.3. The smallest absolute Gasteiger partial charge is 0.181 e. The first-order valence-corrected chi connectivity index (χ1v) is 5.91. The normalized spacial score (nSPS) is 13.4. The minimum Gasteiger partial charge on any atom is -0.443 e. The van der Waals surface area contributed by atoms with Crippen molar-refractivity contribution < 1.29 is 4.42 Å². The number of oxazole rings is 1. The number of nitrogens with zero attached hydrogens (tertiary/aromatic N) is 2. The number of rotatable bonds is 5. The minimum absolute atomic E-state index is 0.259. The van der Waals surface area contributed by atoms with Gasteiger partial charge >= 0.3 is 0 Å². The summed E-state index contributed by atoms with van der Waals surface area (Å²) in [6.45, 7) is 3.95. The van der Waals surface area contributed by atoms with Gasteiger partial charge in [0.1, 0.15) is 5.52 Å². The topological polar surface area (TPSA) is 55.3 Å². The molecule has 0 aliphatic rings. The van der Waals surface area contributed by atoms with Crippen molar-refractivity contribution in [1.82, 2.24) is 9.88 Å². The molecule has 0 radical (unpaired) electrons. The lowest BCUT2D eigenvalue weighted by molar-refractivity contribution is 0.313. The molecule has 2 rings (SSSR count). The van der Waals surface area contributed by atoms with Gasteiger partial charge in [0.05, 0.1) is 0 Å². The first-order valence-electron chi connectivity index (χ1n) is 5.91. The van der Waals surface area contributed by atoms with Crippen molar-refractivity contribution in [3.63, 3.8) is 0 Å². The molecule has 2 N–H and O–H groups in total. The number of benzene rings is 1. The van der Waals surface area contributed by atoms with E-state index in [0.29, 0.717) is 0 Å². The SMILES string of the molecule is CC(N)CCN(C)Cc1ccc2ncoc2c1. The molecule has 0 aliphatic heterocycles. The monoisotopic (exact) mass is 233 g/mol. The van der Waals surface area contributed by atoms with Gasteiger partial charge in [-0.1, -0.05) is 6.07 Å². The highest BCUT2D eigenvalue weighted by Crippen LogP contribution is 2.15. The second-order valence-electron chi connectivity index (χ2n) is 4.66. The third-order valence-corrected chi connectivity index (χ3v) is 2.81. The van der Waals surface area contributed by atoms with E-state index in [-0.39, 0.29) is 6.04 Å². The van der Waals surface area contributed by atoms with Crippen molar-refractivity contribution in [2.75, 3.05) is 13.6 Å². The number of hydrogen-bond donors (Lipinski definition) is 1. The number of nitrogens with two attached hydrogens (primary N) is 1. The number of aromatic nitrogens is 1. The fraction of sp³-hybridized carbons (Fsp3) is 0.462. The van der Waals surface area contributed by atoms with Crippen LogP contribution < -0.4 is 5.73 Å². The van der Waals surface area contributed by atoms with Crippen molar-refractivity contribution in [2.24, 2.45) is 5.73 Å². The predicted octanol–water partition coefficient (Wildman–Crippen LogP) is 2.00. The van der Waals surface area contributed by atoms with Crippen LogP contribution in [0.3, 0.4) is 0 Å². The second kappa shape index (κ2) is 5.29. The van der Waals surface area contributed by atoms with Crippen LogP contribution in [-0.4, -0.2) is 29.5 Å². The van der Waals surface area contributed by atoms with Crippen molar-refractivity contribution in [1.29, 1.82) is 0 Å². The van der Waals surface area contributed by atoms with E-state index in [2.05, 4.69) is 23.0 Å². The highest BCUT2D eigenvalue weighted by Gasteiger charge is 2.04. The lowest BCUT2D eigenvalue weighted by atomic mass is 10.2. The predicted molar refractivity (Wildman–Crippen MR) is 68.6 cm³/mol. The molecular formula is C13H19N3O. The second-order valence-corrected chi connectivity index (χ2v) is 4.66. The molecule has 1 atom stereocenters. The molecule has 0 saturated heterocycles. The van der Waals surface area contributed by atoms with Gasteiger partial charge in [-0.15, -0.1) is 0 Å². The molecule has 1 unspecified atom stereocenters. The summed E-state index contributed by atoms with van der Waals surface area (Å²) < 4.78 is 5.29. The van der Waals surface area contributed by atoms with Crippen LogP contribution in [0.25, 0.3) is 11.1 Å². The van der Waals surface area contributed by atoms with Gasteiger partial charge in [0.2, 0.25) is 0 Å². The maximum absolute atomic E-state index is 5.74. The largest absolute Gasteiger partial charge is 0.443 e. The van der Waals surface area contributed by atoms with E-state index in [1.165, 1.54) is 12.0 Å². The molecule has 0 amide bonds. The molecule has 1 aromatic carbocycles. The Labute approximate surface area is 101 Å². The molecule has 0 saturated carbocycles. The lowest BCUT2D eigenvalue weighted by Gasteiger charge is -2.17. The van der Waals surface area contributed by atoms with E-state index in [0.717, 1.165) is 30.6 Å². The van der Waals surface area contributed by atoms with Crippen LogP contribution in [0.1, 0.15) is 18.9 Å². The van der Waals surface area contributed by atoms with E-state index >= 15 is 0 Å². The zero-order valence-electron chi connectivity index (χ0n) is 10.4. The van der Waals surface area contributed by atoms with Crippen molar-refractivity contribution in [3.8, 4) is 0 Å². The minimum atomic E-state index is 0.259. The van der Waals surface area contributed by atoms with E-state index in [9.17, 15) is 0 Å². The molecule has 0 aliphatic carbocycles. The maximum atomic E-state index is 5.74. The summed E-state index contributed by atoms with van der Waals surface area (Å²) in [6.07, 6.45) is 2.50. The van der Waals surface area contributed by atoms with Gasteiger partial charge in [0, 0.05) is 12.6 Å². The van der Waals surface area contributed by atoms with Crippen LogP contribution in [0.4, 0.5) is 0 Å². The Balaban J connectivity index is 1.97. The van der Waals surface area contributed by atoms with Crippen molar-refractivity contribution in [2.45, 2.75) is 25.9 Å². The molecular weight excluding hydrogens is 214 g/mol. The van der Waals surface area contributed by atoms with Crippen LogP contribution in [-0.2, 0) is 6.54 Å². The van der Waals surface area contributed by atoms with Gasteiger partial charge in [-0.3, -0.25) is 0 Å². The van der Waals surface area contributed by atoms with E-state index in [1.54, 1.807) is 0 Å². The average molecular weight is 233 g/mol. The number of fused-ring (bicyclic) bond motifs is 1. The van der Waals surface area contributed by atoms with Gasteiger partial charge < -0.3 is 15.1 Å². The molecule has 4 heteroatoms. The Morgan fingerprint density at radius 3 is 3.06 bits per heavy atom. The number of hydrogen-bond acceptors (Lipinski definition) is 4. The molecule has 1 aromatic heterocycles. The lowest BCUT2D eigenvalue weighted by Crippen LogP contribution is -2.25. The molecule has 17 heavy (non-hydrogen) atoms. The molecule has 2 aromatic rings. The fourth-order valence-electron chi connectivity index (χ4n) is 1.81. The van der Waals surface area contributed by atoms with Gasteiger partial charge in [-0.05, 0) is 44.6 Å². The quantitative estimate of drug-likeness (QED) is 0.858. The Kier molecular flexibility index (Phi) is 3.76. The summed E-state index contributed by atoms with van der Waals surface area (Å²) in [4.78, 5) is 6.37. The molecule has 0 bridgehead atoms. The van der Waals surface area contributed by atoms with E-state index in [1.807, 2.05) is 19.1 Å². The van der Waals surface area contributed by atoms with Crippen molar-refractivity contribution >= 4 is 11.1 Å². The van der Waals surface area contributed by atoms with Crippen molar-refractivity contribution in [3.05, 3.63) is 30.2 Å². The molecule has 0 spiro atoms. The molecule has 0 fully saturated rings. The van der Waals surface area contributed by atoms with E-state index in [4.69, 9.17) is 10.2 Å². The van der Waals surface area contributed by atoms with Crippen LogP contribution >= 0.6 is 0 Å². The van der Waals surface area contributed by atoms with Gasteiger partial charge in [-0.25, -0.2) is 4.98 Å². The maximum Gasteiger partial charge on any atom is 0.181 e. The molecule has 92 valence electrons. The fourth-order valence-corrected chi connectivity index (χ4v) is 1.81. The first kappa shape index (κ1) is 12.1. The van der Waals surface area contributed by atoms with Crippen LogP contribution in [0.5, 0.6) is 0 Å². The Morgan fingerprint density at radius 2 is 2.29 bits per heavy atom. The Bertz CT molecular complexity index is 478. The van der Waals surface area contributed by atoms with Crippen LogP contribution in [0.2, 0.25) is 0 Å². The van der Waals surface area contributed by atoms with Crippen LogP contribution in [0, 0.1) is 0 Å². The first-order chi connectivity index (χ1) is 8.15. The summed E-state index contributed by atoms with van der Waals surface area (Å²) in [5.74, 6) is 0.